The van der Waals surface area contributed by atoms with E-state index in [1.54, 1.807) is 17.0 Å². The molecular weight excluding hydrogens is 446 g/mol. The number of rotatable bonds is 4. The molecule has 3 heterocycles. The van der Waals surface area contributed by atoms with Crippen LogP contribution in [0.15, 0.2) is 30.3 Å². The first-order valence-corrected chi connectivity index (χ1v) is 13.2. The molecule has 0 bridgehead atoms. The van der Waals surface area contributed by atoms with E-state index in [9.17, 15) is 17.8 Å². The number of urea groups is 1. The Hall–Kier alpha value is -2.29. The number of amides is 2. The van der Waals surface area contributed by atoms with Crippen molar-refractivity contribution in [1.82, 2.24) is 20.0 Å². The summed E-state index contributed by atoms with van der Waals surface area (Å²) in [5, 5.41) is 7.75. The lowest BCUT2D eigenvalue weighted by Gasteiger charge is -2.40. The largest absolute Gasteiger partial charge is 0.323 e. The standard InChI is InChI=1S/C24H30F2N4O2S/c1-24(25,26)20-6-4-16(5-7-20)18-12-19(22-13-21(27-28-22)17-2-3-17)15-30(14-18)23(31)29-8-10-33(32)11-9-29/h4-7,13,17-19H,2-3,8-12,14-15H2,1H3,(H,27,28). The molecule has 2 aliphatic heterocycles. The number of carbonyl (C=O) groups is 1. The lowest BCUT2D eigenvalue weighted by atomic mass is 9.82. The fraction of sp³-hybridized carbons (Fsp3) is 0.583. The van der Waals surface area contributed by atoms with E-state index >= 15 is 0 Å². The highest BCUT2D eigenvalue weighted by molar-refractivity contribution is 7.85. The average molecular weight is 477 g/mol. The zero-order chi connectivity index (χ0) is 23.2. The number of H-pyrrole nitrogens is 1. The van der Waals surface area contributed by atoms with Gasteiger partial charge in [0.15, 0.2) is 0 Å². The van der Waals surface area contributed by atoms with Gasteiger partial charge in [0.25, 0.3) is 5.92 Å². The minimum Gasteiger partial charge on any atom is -0.323 e. The molecule has 3 fully saturated rings. The van der Waals surface area contributed by atoms with Gasteiger partial charge in [0, 0.05) is 84.4 Å². The number of aromatic amines is 1. The van der Waals surface area contributed by atoms with Gasteiger partial charge in [-0.25, -0.2) is 13.6 Å². The first-order valence-electron chi connectivity index (χ1n) is 11.7. The van der Waals surface area contributed by atoms with E-state index in [1.165, 1.54) is 25.0 Å². The first-order chi connectivity index (χ1) is 15.8. The number of nitrogens with one attached hydrogen (secondary N) is 1. The summed E-state index contributed by atoms with van der Waals surface area (Å²) in [6.45, 7) is 3.03. The number of halogens is 2. The summed E-state index contributed by atoms with van der Waals surface area (Å²) in [5.74, 6) is -1.17. The second-order valence-electron chi connectivity index (χ2n) is 9.69. The Morgan fingerprint density at radius 1 is 1.06 bits per heavy atom. The molecule has 3 aliphatic rings. The van der Waals surface area contributed by atoms with E-state index in [2.05, 4.69) is 16.3 Å². The van der Waals surface area contributed by atoms with Crippen LogP contribution in [-0.2, 0) is 16.7 Å². The molecule has 1 aliphatic carbocycles. The maximum absolute atomic E-state index is 13.7. The van der Waals surface area contributed by atoms with Crippen LogP contribution in [0.1, 0.15) is 66.5 Å². The molecule has 178 valence electrons. The molecule has 1 saturated carbocycles. The number of benzene rings is 1. The Bertz CT molecular complexity index is 1020. The van der Waals surface area contributed by atoms with Crippen molar-refractivity contribution in [3.63, 3.8) is 0 Å². The van der Waals surface area contributed by atoms with Gasteiger partial charge in [0.05, 0.1) is 5.69 Å². The number of piperidine rings is 1. The maximum atomic E-state index is 13.7. The minimum atomic E-state index is -2.88. The van der Waals surface area contributed by atoms with E-state index in [0.717, 1.165) is 30.3 Å². The van der Waals surface area contributed by atoms with Crippen LogP contribution < -0.4 is 0 Å². The van der Waals surface area contributed by atoms with Gasteiger partial charge in [0.2, 0.25) is 0 Å². The number of carbonyl (C=O) groups excluding carboxylic acids is 1. The van der Waals surface area contributed by atoms with Crippen LogP contribution in [-0.4, -0.2) is 67.9 Å². The van der Waals surface area contributed by atoms with Gasteiger partial charge in [-0.1, -0.05) is 24.3 Å². The van der Waals surface area contributed by atoms with Crippen LogP contribution in [0.25, 0.3) is 0 Å². The summed E-state index contributed by atoms with van der Waals surface area (Å²) in [6.07, 6.45) is 3.18. The number of aromatic nitrogens is 2. The zero-order valence-electron chi connectivity index (χ0n) is 18.8. The van der Waals surface area contributed by atoms with Crippen molar-refractivity contribution in [3.8, 4) is 0 Å². The van der Waals surface area contributed by atoms with E-state index < -0.39 is 16.7 Å². The Kier molecular flexibility index (Phi) is 6.01. The fourth-order valence-corrected chi connectivity index (χ4v) is 6.01. The highest BCUT2D eigenvalue weighted by atomic mass is 32.2. The summed E-state index contributed by atoms with van der Waals surface area (Å²) in [7, 11) is -0.849. The number of alkyl halides is 2. The molecular formula is C24H30F2N4O2S. The van der Waals surface area contributed by atoms with Crippen LogP contribution in [0, 0.1) is 0 Å². The highest BCUT2D eigenvalue weighted by Crippen LogP contribution is 2.41. The summed E-state index contributed by atoms with van der Waals surface area (Å²) < 4.78 is 39.1. The minimum absolute atomic E-state index is 0.00534. The topological polar surface area (TPSA) is 69.3 Å². The Labute approximate surface area is 195 Å². The molecule has 5 rings (SSSR count). The van der Waals surface area contributed by atoms with Gasteiger partial charge in [-0.15, -0.1) is 0 Å². The number of likely N-dealkylation sites (tertiary alicyclic amines) is 1. The average Bonchev–Trinajstić information content (AvgIpc) is 3.54. The van der Waals surface area contributed by atoms with E-state index in [0.29, 0.717) is 43.6 Å². The van der Waals surface area contributed by atoms with E-state index in [1.807, 2.05) is 4.90 Å². The lowest BCUT2D eigenvalue weighted by molar-refractivity contribution is 0.0174. The molecule has 2 unspecified atom stereocenters. The van der Waals surface area contributed by atoms with Gasteiger partial charge >= 0.3 is 6.03 Å². The molecule has 9 heteroatoms. The molecule has 0 radical (unpaired) electrons. The van der Waals surface area contributed by atoms with Gasteiger partial charge in [-0.2, -0.15) is 5.10 Å². The van der Waals surface area contributed by atoms with Crippen molar-refractivity contribution in [3.05, 3.63) is 52.8 Å². The predicted molar refractivity (Wildman–Crippen MR) is 123 cm³/mol. The molecule has 6 nitrogen and oxygen atoms in total. The number of hydrogen-bond donors (Lipinski definition) is 1. The Morgan fingerprint density at radius 2 is 1.73 bits per heavy atom. The first kappa shape index (κ1) is 22.5. The van der Waals surface area contributed by atoms with Gasteiger partial charge in [-0.05, 0) is 30.9 Å². The maximum Gasteiger partial charge on any atom is 0.320 e. The van der Waals surface area contributed by atoms with Gasteiger partial charge in [-0.3, -0.25) is 9.31 Å². The summed E-state index contributed by atoms with van der Waals surface area (Å²) in [5.41, 5.74) is 3.09. The van der Waals surface area contributed by atoms with Gasteiger partial charge in [0.1, 0.15) is 0 Å². The SMILES string of the molecule is CC(F)(F)c1ccc(C2CC(c3cc(C4CC4)[nH]n3)CN(C(=O)N3CCS(=O)CC3)C2)cc1. The van der Waals surface area contributed by atoms with Crippen LogP contribution in [0.4, 0.5) is 13.6 Å². The third kappa shape index (κ3) is 4.98. The highest BCUT2D eigenvalue weighted by Gasteiger charge is 2.36. The van der Waals surface area contributed by atoms with E-state index in [-0.39, 0.29) is 23.4 Å². The molecule has 2 amide bonds. The summed E-state index contributed by atoms with van der Waals surface area (Å²) in [6, 6.07) is 8.63. The smallest absolute Gasteiger partial charge is 0.320 e. The van der Waals surface area contributed by atoms with Crippen LogP contribution >= 0.6 is 0 Å². The second-order valence-corrected chi connectivity index (χ2v) is 11.4. The van der Waals surface area contributed by atoms with Crippen molar-refractivity contribution in [2.24, 2.45) is 0 Å². The molecule has 2 saturated heterocycles. The quantitative estimate of drug-likeness (QED) is 0.721. The molecule has 1 aromatic carbocycles. The van der Waals surface area contributed by atoms with Crippen LogP contribution in [0.3, 0.4) is 0 Å². The number of hydrogen-bond acceptors (Lipinski definition) is 3. The van der Waals surface area contributed by atoms with E-state index in [4.69, 9.17) is 0 Å². The third-order valence-electron chi connectivity index (χ3n) is 7.11. The van der Waals surface area contributed by atoms with Crippen molar-refractivity contribution in [2.45, 2.75) is 49.9 Å². The van der Waals surface area contributed by atoms with Gasteiger partial charge < -0.3 is 9.80 Å². The van der Waals surface area contributed by atoms with Crippen molar-refractivity contribution >= 4 is 16.8 Å². The monoisotopic (exact) mass is 476 g/mol. The van der Waals surface area contributed by atoms with Crippen LogP contribution in [0.2, 0.25) is 0 Å². The fourth-order valence-electron chi connectivity index (χ4n) is 4.95. The second kappa shape index (κ2) is 8.81. The summed E-state index contributed by atoms with van der Waals surface area (Å²) >= 11 is 0. The van der Waals surface area contributed by atoms with Crippen molar-refractivity contribution < 1.29 is 17.8 Å². The molecule has 2 atom stereocenters. The predicted octanol–water partition coefficient (Wildman–Crippen LogP) is 4.16. The molecule has 1 N–H and O–H groups in total. The van der Waals surface area contributed by atoms with Crippen molar-refractivity contribution in [1.29, 1.82) is 0 Å². The summed E-state index contributed by atoms with van der Waals surface area (Å²) in [4.78, 5) is 17.0. The molecule has 2 aromatic rings. The molecule has 0 spiro atoms. The van der Waals surface area contributed by atoms with Crippen molar-refractivity contribution in [2.75, 3.05) is 37.7 Å². The lowest BCUT2D eigenvalue weighted by Crippen LogP contribution is -2.52. The third-order valence-corrected chi connectivity index (χ3v) is 8.39. The van der Waals surface area contributed by atoms with Crippen LogP contribution in [0.5, 0.6) is 0 Å². The molecule has 33 heavy (non-hydrogen) atoms. The normalized spacial score (nSPS) is 24.8. The Balaban J connectivity index is 1.38. The Morgan fingerprint density at radius 3 is 2.36 bits per heavy atom. The number of nitrogens with zero attached hydrogens (tertiary/aromatic N) is 3. The zero-order valence-corrected chi connectivity index (χ0v) is 19.6. The molecule has 1 aromatic heterocycles.